The molecule has 0 unspecified atom stereocenters. The van der Waals surface area contributed by atoms with E-state index in [0.717, 1.165) is 6.42 Å². The molecule has 0 aromatic carbocycles. The van der Waals surface area contributed by atoms with Crippen LogP contribution in [0.15, 0.2) is 0 Å². The minimum absolute atomic E-state index is 0.0634. The van der Waals surface area contributed by atoms with Gasteiger partial charge in [-0.05, 0) is 18.3 Å². The fraction of sp³-hybridized carbons (Fsp3) is 0.833. The average Bonchev–Trinajstić information content (AvgIpc) is 2.01. The van der Waals surface area contributed by atoms with Gasteiger partial charge in [-0.3, -0.25) is 0 Å². The lowest BCUT2D eigenvalue weighted by Gasteiger charge is -2.35. The Morgan fingerprint density at radius 1 is 1.36 bits per heavy atom. The van der Waals surface area contributed by atoms with Crippen LogP contribution in [0.5, 0.6) is 0 Å². The van der Waals surface area contributed by atoms with Gasteiger partial charge in [-0.15, -0.1) is 12.3 Å². The molecule has 0 saturated heterocycles. The minimum atomic E-state index is -0.767. The van der Waals surface area contributed by atoms with Crippen molar-refractivity contribution in [2.24, 2.45) is 11.8 Å². The molecule has 0 radical (unpaired) electrons. The molecule has 0 heterocycles. The van der Waals surface area contributed by atoms with Crippen LogP contribution in [0.4, 0.5) is 0 Å². The van der Waals surface area contributed by atoms with Gasteiger partial charge in [0.2, 0.25) is 0 Å². The lowest BCUT2D eigenvalue weighted by atomic mass is 9.83. The third-order valence-corrected chi connectivity index (χ3v) is 4.18. The van der Waals surface area contributed by atoms with E-state index in [9.17, 15) is 5.11 Å². The van der Waals surface area contributed by atoms with Crippen LogP contribution in [0.1, 0.15) is 40.5 Å². The van der Waals surface area contributed by atoms with E-state index in [0.29, 0.717) is 18.3 Å². The molecular weight excluding hydrogens is 240 g/mol. The van der Waals surface area contributed by atoms with Gasteiger partial charge in [0.15, 0.2) is 0 Å². The number of alkyl halides is 1. The zero-order chi connectivity index (χ0) is 11.4. The molecule has 82 valence electrons. The maximum atomic E-state index is 10.4. The van der Waals surface area contributed by atoms with Crippen molar-refractivity contribution in [3.63, 3.8) is 0 Å². The number of hydrogen-bond acceptors (Lipinski definition) is 1. The van der Waals surface area contributed by atoms with E-state index in [1.807, 2.05) is 0 Å². The molecule has 2 heteroatoms. The van der Waals surface area contributed by atoms with Crippen LogP contribution in [0, 0.1) is 24.2 Å². The van der Waals surface area contributed by atoms with Crippen LogP contribution in [-0.4, -0.2) is 15.5 Å². The van der Waals surface area contributed by atoms with E-state index in [1.165, 1.54) is 0 Å². The number of halogens is 1. The normalized spacial score (nSPS) is 17.9. The average molecular weight is 261 g/mol. The third kappa shape index (κ3) is 4.02. The second-order valence-electron chi connectivity index (χ2n) is 4.73. The predicted molar refractivity (Wildman–Crippen MR) is 65.4 cm³/mol. The van der Waals surface area contributed by atoms with Gasteiger partial charge in [-0.25, -0.2) is 0 Å². The van der Waals surface area contributed by atoms with Crippen LogP contribution in [-0.2, 0) is 0 Å². The first-order valence-electron chi connectivity index (χ1n) is 5.13. The van der Waals surface area contributed by atoms with Gasteiger partial charge < -0.3 is 5.11 Å². The SMILES string of the molecule is C#CC[C@](O)(CC(C)C)[C@@H](Br)C(C)C. The zero-order valence-corrected chi connectivity index (χ0v) is 11.1. The summed E-state index contributed by atoms with van der Waals surface area (Å²) in [6, 6.07) is 0. The monoisotopic (exact) mass is 260 g/mol. The number of hydrogen-bond donors (Lipinski definition) is 1. The topological polar surface area (TPSA) is 20.2 Å². The summed E-state index contributed by atoms with van der Waals surface area (Å²) in [5.41, 5.74) is -0.767. The first-order chi connectivity index (χ1) is 6.33. The van der Waals surface area contributed by atoms with Crippen LogP contribution >= 0.6 is 15.9 Å². The Morgan fingerprint density at radius 2 is 1.86 bits per heavy atom. The van der Waals surface area contributed by atoms with E-state index >= 15 is 0 Å². The van der Waals surface area contributed by atoms with Crippen LogP contribution in [0.2, 0.25) is 0 Å². The van der Waals surface area contributed by atoms with Crippen molar-refractivity contribution in [2.45, 2.75) is 51.0 Å². The summed E-state index contributed by atoms with van der Waals surface area (Å²) in [6.07, 6.45) is 6.45. The van der Waals surface area contributed by atoms with Gasteiger partial charge in [-0.2, -0.15) is 0 Å². The molecule has 0 bridgehead atoms. The molecular formula is C12H21BrO. The van der Waals surface area contributed by atoms with Crippen molar-refractivity contribution >= 4 is 15.9 Å². The quantitative estimate of drug-likeness (QED) is 0.595. The third-order valence-electron chi connectivity index (χ3n) is 2.27. The smallest absolute Gasteiger partial charge is 0.0885 e. The van der Waals surface area contributed by atoms with Crippen molar-refractivity contribution in [1.82, 2.24) is 0 Å². The van der Waals surface area contributed by atoms with Crippen molar-refractivity contribution in [3.05, 3.63) is 0 Å². The Bertz CT molecular complexity index is 205. The largest absolute Gasteiger partial charge is 0.388 e. The van der Waals surface area contributed by atoms with E-state index in [4.69, 9.17) is 6.42 Å². The predicted octanol–water partition coefficient (Wildman–Crippen LogP) is 3.21. The van der Waals surface area contributed by atoms with Gasteiger partial charge in [0.1, 0.15) is 0 Å². The van der Waals surface area contributed by atoms with Crippen LogP contribution in [0.25, 0.3) is 0 Å². The Morgan fingerprint density at radius 3 is 2.14 bits per heavy atom. The Labute approximate surface area is 96.4 Å². The molecule has 1 N–H and O–H groups in total. The molecule has 0 saturated carbocycles. The Hall–Kier alpha value is 0. The summed E-state index contributed by atoms with van der Waals surface area (Å²) in [6.45, 7) is 8.37. The standard InChI is InChI=1S/C12H21BrO/c1-6-7-12(14,8-9(2)3)11(13)10(4)5/h1,9-11,14H,7-8H2,2-5H3/t11-,12-/m0/s1. The lowest BCUT2D eigenvalue weighted by molar-refractivity contribution is 0.0138. The van der Waals surface area contributed by atoms with E-state index < -0.39 is 5.60 Å². The highest BCUT2D eigenvalue weighted by Crippen LogP contribution is 2.33. The summed E-state index contributed by atoms with van der Waals surface area (Å²) in [5, 5.41) is 10.4. The molecule has 0 amide bonds. The summed E-state index contributed by atoms with van der Waals surface area (Å²) < 4.78 is 0. The highest BCUT2D eigenvalue weighted by molar-refractivity contribution is 9.09. The first-order valence-corrected chi connectivity index (χ1v) is 6.05. The molecule has 0 fully saturated rings. The molecule has 0 aromatic heterocycles. The van der Waals surface area contributed by atoms with Crippen molar-refractivity contribution < 1.29 is 5.11 Å². The Kier molecular flexibility index (Phi) is 5.78. The lowest BCUT2D eigenvalue weighted by Crippen LogP contribution is -2.42. The molecule has 0 spiro atoms. The molecule has 0 aliphatic heterocycles. The summed E-state index contributed by atoms with van der Waals surface area (Å²) >= 11 is 3.55. The van der Waals surface area contributed by atoms with Crippen molar-refractivity contribution in [3.8, 4) is 12.3 Å². The van der Waals surface area contributed by atoms with Crippen LogP contribution in [0.3, 0.4) is 0 Å². The Balaban J connectivity index is 4.62. The summed E-state index contributed by atoms with van der Waals surface area (Å²) in [5.74, 6) is 3.40. The van der Waals surface area contributed by atoms with Crippen LogP contribution < -0.4 is 0 Å². The highest BCUT2D eigenvalue weighted by Gasteiger charge is 2.36. The fourth-order valence-corrected chi connectivity index (χ4v) is 2.14. The second-order valence-corrected chi connectivity index (χ2v) is 5.71. The van der Waals surface area contributed by atoms with E-state index in [1.54, 1.807) is 0 Å². The maximum Gasteiger partial charge on any atom is 0.0885 e. The number of rotatable bonds is 5. The van der Waals surface area contributed by atoms with Gasteiger partial charge in [0, 0.05) is 11.2 Å². The summed E-state index contributed by atoms with van der Waals surface area (Å²) in [7, 11) is 0. The maximum absolute atomic E-state index is 10.4. The molecule has 0 aromatic rings. The van der Waals surface area contributed by atoms with E-state index in [2.05, 4.69) is 49.5 Å². The molecule has 0 rings (SSSR count). The molecule has 1 nitrogen and oxygen atoms in total. The molecule has 0 aliphatic rings. The zero-order valence-electron chi connectivity index (χ0n) is 9.55. The van der Waals surface area contributed by atoms with Crippen molar-refractivity contribution in [2.75, 3.05) is 0 Å². The second kappa shape index (κ2) is 5.78. The van der Waals surface area contributed by atoms with Gasteiger partial charge >= 0.3 is 0 Å². The van der Waals surface area contributed by atoms with E-state index in [-0.39, 0.29) is 4.83 Å². The fourth-order valence-electron chi connectivity index (χ4n) is 1.79. The first kappa shape index (κ1) is 14.0. The minimum Gasteiger partial charge on any atom is -0.388 e. The number of terminal acetylenes is 1. The van der Waals surface area contributed by atoms with Crippen molar-refractivity contribution in [1.29, 1.82) is 0 Å². The highest BCUT2D eigenvalue weighted by atomic mass is 79.9. The summed E-state index contributed by atoms with van der Waals surface area (Å²) in [4.78, 5) is 0.0634. The molecule has 0 aliphatic carbocycles. The van der Waals surface area contributed by atoms with Gasteiger partial charge in [-0.1, -0.05) is 43.6 Å². The van der Waals surface area contributed by atoms with Gasteiger partial charge in [0.25, 0.3) is 0 Å². The number of aliphatic hydroxyl groups is 1. The molecule has 14 heavy (non-hydrogen) atoms. The van der Waals surface area contributed by atoms with Gasteiger partial charge in [0.05, 0.1) is 5.60 Å². The molecule has 2 atom stereocenters.